The fourth-order valence-corrected chi connectivity index (χ4v) is 3.00. The molecule has 4 rings (SSSR count). The van der Waals surface area contributed by atoms with Gasteiger partial charge in [0.05, 0.1) is 10.6 Å². The standard InChI is InChI=1S/C17H11N3O5/c21-16-13-14(10-6-8-12(9-7-10)20(23)24)18-25-15(13)17(22)19(16)11-4-2-1-3-5-11/h1-9,13,15H/t13-,15+/m1/s1. The molecule has 0 aromatic heterocycles. The van der Waals surface area contributed by atoms with Crippen molar-refractivity contribution < 1.29 is 19.3 Å². The van der Waals surface area contributed by atoms with E-state index in [0.29, 0.717) is 17.0 Å². The lowest BCUT2D eigenvalue weighted by Gasteiger charge is -2.15. The molecule has 1 saturated heterocycles. The van der Waals surface area contributed by atoms with Gasteiger partial charge in [0, 0.05) is 17.7 Å². The number of nitro groups is 1. The molecule has 2 aromatic rings. The van der Waals surface area contributed by atoms with Gasteiger partial charge in [0.2, 0.25) is 12.0 Å². The Bertz CT molecular complexity index is 908. The fourth-order valence-electron chi connectivity index (χ4n) is 3.00. The van der Waals surface area contributed by atoms with Crippen LogP contribution in [0.4, 0.5) is 11.4 Å². The molecule has 2 heterocycles. The summed E-state index contributed by atoms with van der Waals surface area (Å²) in [6.45, 7) is 0. The van der Waals surface area contributed by atoms with Gasteiger partial charge in [-0.3, -0.25) is 19.7 Å². The second-order valence-electron chi connectivity index (χ2n) is 5.63. The van der Waals surface area contributed by atoms with Gasteiger partial charge in [0.1, 0.15) is 11.6 Å². The number of anilines is 1. The lowest BCUT2D eigenvalue weighted by molar-refractivity contribution is -0.384. The zero-order chi connectivity index (χ0) is 17.6. The van der Waals surface area contributed by atoms with E-state index in [1.54, 1.807) is 30.3 Å². The quantitative estimate of drug-likeness (QED) is 0.483. The average molecular weight is 337 g/mol. The summed E-state index contributed by atoms with van der Waals surface area (Å²) in [5.41, 5.74) is 1.21. The summed E-state index contributed by atoms with van der Waals surface area (Å²) in [5.74, 6) is -1.74. The van der Waals surface area contributed by atoms with E-state index >= 15 is 0 Å². The summed E-state index contributed by atoms with van der Waals surface area (Å²) < 4.78 is 0. The molecule has 1 fully saturated rings. The number of amides is 2. The SMILES string of the molecule is O=C1[C@@H]2C(c3ccc([N+](=O)[O-])cc3)=NO[C@@H]2C(=O)N1c1ccccc1. The van der Waals surface area contributed by atoms with Crippen LogP contribution in [-0.4, -0.2) is 28.6 Å². The van der Waals surface area contributed by atoms with Gasteiger partial charge in [-0.1, -0.05) is 23.4 Å². The maximum absolute atomic E-state index is 12.8. The molecule has 25 heavy (non-hydrogen) atoms. The van der Waals surface area contributed by atoms with E-state index in [2.05, 4.69) is 5.16 Å². The van der Waals surface area contributed by atoms with E-state index in [-0.39, 0.29) is 5.69 Å². The molecule has 0 spiro atoms. The monoisotopic (exact) mass is 337 g/mol. The van der Waals surface area contributed by atoms with Crippen molar-refractivity contribution in [3.8, 4) is 0 Å². The number of oxime groups is 1. The molecule has 124 valence electrons. The van der Waals surface area contributed by atoms with E-state index < -0.39 is 28.8 Å². The summed E-state index contributed by atoms with van der Waals surface area (Å²) >= 11 is 0. The molecule has 0 unspecified atom stereocenters. The number of nitro benzene ring substituents is 1. The number of rotatable bonds is 3. The summed E-state index contributed by atoms with van der Waals surface area (Å²) in [4.78, 5) is 41.9. The van der Waals surface area contributed by atoms with Crippen LogP contribution in [0.5, 0.6) is 0 Å². The topological polar surface area (TPSA) is 102 Å². The van der Waals surface area contributed by atoms with Gasteiger partial charge in [0.15, 0.2) is 0 Å². The Balaban J connectivity index is 1.67. The van der Waals surface area contributed by atoms with Crippen LogP contribution in [-0.2, 0) is 14.4 Å². The minimum Gasteiger partial charge on any atom is -0.381 e. The summed E-state index contributed by atoms with van der Waals surface area (Å²) in [5, 5.41) is 14.6. The second kappa shape index (κ2) is 5.52. The third-order valence-corrected chi connectivity index (χ3v) is 4.20. The van der Waals surface area contributed by atoms with E-state index in [0.717, 1.165) is 4.90 Å². The Morgan fingerprint density at radius 1 is 1.00 bits per heavy atom. The lowest BCUT2D eigenvalue weighted by Crippen LogP contribution is -2.33. The number of hydrogen-bond acceptors (Lipinski definition) is 6. The molecular weight excluding hydrogens is 326 g/mol. The van der Waals surface area contributed by atoms with Gasteiger partial charge in [-0.25, -0.2) is 4.90 Å². The first-order valence-corrected chi connectivity index (χ1v) is 7.49. The van der Waals surface area contributed by atoms with E-state index in [4.69, 9.17) is 4.84 Å². The molecule has 2 aliphatic rings. The third kappa shape index (κ3) is 2.26. The molecule has 2 aromatic carbocycles. The Morgan fingerprint density at radius 2 is 1.68 bits per heavy atom. The molecule has 2 aliphatic heterocycles. The Labute approximate surface area is 141 Å². The zero-order valence-corrected chi connectivity index (χ0v) is 12.7. The first-order chi connectivity index (χ1) is 12.1. The number of carbonyl (C=O) groups excluding carboxylic acids is 2. The number of fused-ring (bicyclic) bond motifs is 1. The molecule has 0 aliphatic carbocycles. The van der Waals surface area contributed by atoms with Crippen LogP contribution in [0, 0.1) is 16.0 Å². The van der Waals surface area contributed by atoms with Gasteiger partial charge in [-0.15, -0.1) is 0 Å². The number of imide groups is 1. The second-order valence-corrected chi connectivity index (χ2v) is 5.63. The minimum atomic E-state index is -1.00. The summed E-state index contributed by atoms with van der Waals surface area (Å²) in [6.07, 6.45) is -1.00. The number of para-hydroxylation sites is 1. The maximum atomic E-state index is 12.8. The number of non-ortho nitro benzene ring substituents is 1. The van der Waals surface area contributed by atoms with Crippen molar-refractivity contribution in [2.24, 2.45) is 11.1 Å². The highest BCUT2D eigenvalue weighted by molar-refractivity contribution is 6.32. The van der Waals surface area contributed by atoms with Crippen molar-refractivity contribution in [1.82, 2.24) is 0 Å². The van der Waals surface area contributed by atoms with Gasteiger partial charge >= 0.3 is 0 Å². The maximum Gasteiger partial charge on any atom is 0.278 e. The van der Waals surface area contributed by atoms with Crippen molar-refractivity contribution in [3.63, 3.8) is 0 Å². The molecule has 2 amide bonds. The normalized spacial score (nSPS) is 21.8. The van der Waals surface area contributed by atoms with Gasteiger partial charge < -0.3 is 4.84 Å². The molecule has 8 nitrogen and oxygen atoms in total. The van der Waals surface area contributed by atoms with Crippen LogP contribution >= 0.6 is 0 Å². The first kappa shape index (κ1) is 15.0. The highest BCUT2D eigenvalue weighted by Gasteiger charge is 2.56. The fraction of sp³-hybridized carbons (Fsp3) is 0.118. The molecular formula is C17H11N3O5. The van der Waals surface area contributed by atoms with Crippen LogP contribution in [0.25, 0.3) is 0 Å². The average Bonchev–Trinajstić information content (AvgIpc) is 3.16. The van der Waals surface area contributed by atoms with E-state index in [1.807, 2.05) is 0 Å². The lowest BCUT2D eigenvalue weighted by atomic mass is 9.94. The van der Waals surface area contributed by atoms with Crippen LogP contribution in [0.3, 0.4) is 0 Å². The molecule has 0 saturated carbocycles. The van der Waals surface area contributed by atoms with Gasteiger partial charge in [-0.05, 0) is 24.3 Å². The third-order valence-electron chi connectivity index (χ3n) is 4.20. The number of carbonyl (C=O) groups is 2. The summed E-state index contributed by atoms with van der Waals surface area (Å²) in [7, 11) is 0. The molecule has 0 N–H and O–H groups in total. The number of hydrogen-bond donors (Lipinski definition) is 0. The smallest absolute Gasteiger partial charge is 0.278 e. The number of nitrogens with zero attached hydrogens (tertiary/aromatic N) is 3. The van der Waals surface area contributed by atoms with Crippen molar-refractivity contribution in [2.45, 2.75) is 6.10 Å². The molecule has 2 atom stereocenters. The zero-order valence-electron chi connectivity index (χ0n) is 12.7. The Hall–Kier alpha value is -3.55. The highest BCUT2D eigenvalue weighted by atomic mass is 16.7. The van der Waals surface area contributed by atoms with Crippen LogP contribution in [0.15, 0.2) is 59.8 Å². The Morgan fingerprint density at radius 3 is 2.32 bits per heavy atom. The van der Waals surface area contributed by atoms with Gasteiger partial charge in [-0.2, -0.15) is 0 Å². The summed E-state index contributed by atoms with van der Waals surface area (Å²) in [6, 6.07) is 14.2. The predicted molar refractivity (Wildman–Crippen MR) is 86.9 cm³/mol. The number of benzene rings is 2. The van der Waals surface area contributed by atoms with Gasteiger partial charge in [0.25, 0.3) is 11.6 Å². The first-order valence-electron chi connectivity index (χ1n) is 7.49. The largest absolute Gasteiger partial charge is 0.381 e. The molecule has 8 heteroatoms. The van der Waals surface area contributed by atoms with Crippen LogP contribution in [0.1, 0.15) is 5.56 Å². The van der Waals surface area contributed by atoms with Crippen molar-refractivity contribution in [2.75, 3.05) is 4.90 Å². The minimum absolute atomic E-state index is 0.0699. The molecule has 0 bridgehead atoms. The van der Waals surface area contributed by atoms with Crippen molar-refractivity contribution in [3.05, 3.63) is 70.3 Å². The van der Waals surface area contributed by atoms with Crippen molar-refractivity contribution in [1.29, 1.82) is 0 Å². The van der Waals surface area contributed by atoms with Crippen molar-refractivity contribution >= 4 is 28.9 Å². The van der Waals surface area contributed by atoms with Crippen LogP contribution in [0.2, 0.25) is 0 Å². The van der Waals surface area contributed by atoms with E-state index in [9.17, 15) is 19.7 Å². The van der Waals surface area contributed by atoms with E-state index in [1.165, 1.54) is 24.3 Å². The molecule has 0 radical (unpaired) electrons. The van der Waals surface area contributed by atoms with Crippen LogP contribution < -0.4 is 4.90 Å². The predicted octanol–water partition coefficient (Wildman–Crippen LogP) is 1.89. The Kier molecular flexibility index (Phi) is 3.31. The highest BCUT2D eigenvalue weighted by Crippen LogP contribution is 2.35.